The fourth-order valence-corrected chi connectivity index (χ4v) is 1.19. The van der Waals surface area contributed by atoms with Crippen molar-refractivity contribution in [2.24, 2.45) is 5.18 Å². The molecule has 0 atom stereocenters. The largest absolute Gasteiger partial charge is 0.151 e. The van der Waals surface area contributed by atoms with E-state index in [-0.39, 0.29) is 0 Å². The van der Waals surface area contributed by atoms with Crippen molar-refractivity contribution in [2.45, 2.75) is 6.42 Å². The van der Waals surface area contributed by atoms with E-state index in [0.717, 1.165) is 6.42 Å². The van der Waals surface area contributed by atoms with E-state index in [1.807, 2.05) is 24.3 Å². The van der Waals surface area contributed by atoms with Crippen LogP contribution in [-0.2, 0) is 6.42 Å². The van der Waals surface area contributed by atoms with E-state index in [9.17, 15) is 4.91 Å². The van der Waals surface area contributed by atoms with E-state index in [0.29, 0.717) is 6.54 Å². The third-order valence-corrected chi connectivity index (χ3v) is 2.12. The highest BCUT2D eigenvalue weighted by atomic mass is 127. The van der Waals surface area contributed by atoms with E-state index in [1.165, 1.54) is 9.13 Å². The van der Waals surface area contributed by atoms with Gasteiger partial charge in [0.05, 0.1) is 6.54 Å². The SMILES string of the molecule is O=NCCc1ccc(I)cc1. The molecule has 0 saturated carbocycles. The molecule has 0 heterocycles. The Kier molecular flexibility index (Phi) is 3.48. The molecule has 11 heavy (non-hydrogen) atoms. The second-order valence-electron chi connectivity index (χ2n) is 2.23. The van der Waals surface area contributed by atoms with Gasteiger partial charge in [-0.3, -0.25) is 0 Å². The molecule has 1 rings (SSSR count). The summed E-state index contributed by atoms with van der Waals surface area (Å²) < 4.78 is 1.21. The topological polar surface area (TPSA) is 29.4 Å². The van der Waals surface area contributed by atoms with Gasteiger partial charge in [-0.1, -0.05) is 17.3 Å². The summed E-state index contributed by atoms with van der Waals surface area (Å²) in [5, 5.41) is 2.80. The van der Waals surface area contributed by atoms with Crippen LogP contribution in [0.3, 0.4) is 0 Å². The minimum Gasteiger partial charge on any atom is -0.151 e. The number of hydrogen-bond donors (Lipinski definition) is 0. The van der Waals surface area contributed by atoms with Crippen LogP contribution in [0.5, 0.6) is 0 Å². The maximum absolute atomic E-state index is 9.79. The normalized spacial score (nSPS) is 9.55. The number of nitroso groups, excluding NO2 is 1. The predicted molar refractivity (Wildman–Crippen MR) is 53.5 cm³/mol. The predicted octanol–water partition coefficient (Wildman–Crippen LogP) is 2.60. The molecule has 1 aromatic carbocycles. The van der Waals surface area contributed by atoms with Crippen LogP contribution in [0.4, 0.5) is 0 Å². The average molecular weight is 261 g/mol. The monoisotopic (exact) mass is 261 g/mol. The smallest absolute Gasteiger partial charge is 0.0851 e. The van der Waals surface area contributed by atoms with Gasteiger partial charge in [0.25, 0.3) is 0 Å². The molecular formula is C8H8INO. The van der Waals surface area contributed by atoms with Crippen LogP contribution >= 0.6 is 22.6 Å². The van der Waals surface area contributed by atoms with E-state index >= 15 is 0 Å². The Bertz CT molecular complexity index is 232. The molecule has 0 aliphatic rings. The maximum Gasteiger partial charge on any atom is 0.0851 e. The van der Waals surface area contributed by atoms with E-state index in [4.69, 9.17) is 0 Å². The highest BCUT2D eigenvalue weighted by Gasteiger charge is 1.91. The first-order valence-corrected chi connectivity index (χ1v) is 4.44. The van der Waals surface area contributed by atoms with E-state index in [1.54, 1.807) is 0 Å². The second kappa shape index (κ2) is 4.43. The van der Waals surface area contributed by atoms with Crippen LogP contribution in [-0.4, -0.2) is 6.54 Å². The first-order chi connectivity index (χ1) is 5.33. The van der Waals surface area contributed by atoms with Crippen molar-refractivity contribution in [3.8, 4) is 0 Å². The van der Waals surface area contributed by atoms with E-state index in [2.05, 4.69) is 27.8 Å². The van der Waals surface area contributed by atoms with Crippen LogP contribution < -0.4 is 0 Å². The Balaban J connectivity index is 2.58. The molecule has 0 bridgehead atoms. The first-order valence-electron chi connectivity index (χ1n) is 3.36. The Hall–Kier alpha value is -0.450. The minimum atomic E-state index is 0.376. The molecule has 0 N–H and O–H groups in total. The van der Waals surface area contributed by atoms with Crippen molar-refractivity contribution in [2.75, 3.05) is 6.54 Å². The molecule has 1 aromatic rings. The van der Waals surface area contributed by atoms with Crippen LogP contribution in [0.15, 0.2) is 29.4 Å². The van der Waals surface area contributed by atoms with Crippen LogP contribution in [0.25, 0.3) is 0 Å². The summed E-state index contributed by atoms with van der Waals surface area (Å²) in [6, 6.07) is 8.10. The highest BCUT2D eigenvalue weighted by Crippen LogP contribution is 2.06. The first kappa shape index (κ1) is 8.64. The molecule has 0 radical (unpaired) electrons. The van der Waals surface area contributed by atoms with Gasteiger partial charge in [-0.2, -0.15) is 4.91 Å². The number of nitrogens with zero attached hydrogens (tertiary/aromatic N) is 1. The number of rotatable bonds is 3. The standard InChI is InChI=1S/C8H8INO/c9-8-3-1-7(2-4-8)5-6-10-11/h1-4H,5-6H2. The fraction of sp³-hybridized carbons (Fsp3) is 0.250. The van der Waals surface area contributed by atoms with Crippen LogP contribution in [0, 0.1) is 8.48 Å². The lowest BCUT2D eigenvalue weighted by atomic mass is 10.2. The highest BCUT2D eigenvalue weighted by molar-refractivity contribution is 14.1. The van der Waals surface area contributed by atoms with Crippen LogP contribution in [0.2, 0.25) is 0 Å². The molecule has 2 nitrogen and oxygen atoms in total. The lowest BCUT2D eigenvalue weighted by Crippen LogP contribution is -1.87. The van der Waals surface area contributed by atoms with Gasteiger partial charge in [0.15, 0.2) is 0 Å². The fourth-order valence-electron chi connectivity index (χ4n) is 0.826. The number of benzene rings is 1. The molecule has 0 saturated heterocycles. The maximum atomic E-state index is 9.79. The molecule has 0 spiro atoms. The Morgan fingerprint density at radius 3 is 2.45 bits per heavy atom. The van der Waals surface area contributed by atoms with Gasteiger partial charge in [0.2, 0.25) is 0 Å². The van der Waals surface area contributed by atoms with Gasteiger partial charge in [0.1, 0.15) is 0 Å². The summed E-state index contributed by atoms with van der Waals surface area (Å²) in [4.78, 5) is 9.79. The third kappa shape index (κ3) is 2.96. The summed E-state index contributed by atoms with van der Waals surface area (Å²) in [6.07, 6.45) is 0.750. The number of hydrogen-bond acceptors (Lipinski definition) is 2. The lowest BCUT2D eigenvalue weighted by molar-refractivity contribution is 0.960. The van der Waals surface area contributed by atoms with Crippen molar-refractivity contribution in [3.63, 3.8) is 0 Å². The summed E-state index contributed by atoms with van der Waals surface area (Å²) in [5.74, 6) is 0. The zero-order valence-corrected chi connectivity index (χ0v) is 8.11. The second-order valence-corrected chi connectivity index (χ2v) is 3.47. The third-order valence-electron chi connectivity index (χ3n) is 1.41. The lowest BCUT2D eigenvalue weighted by Gasteiger charge is -1.95. The zero-order chi connectivity index (χ0) is 8.10. The summed E-state index contributed by atoms with van der Waals surface area (Å²) in [6.45, 7) is 0.376. The molecule has 0 aromatic heterocycles. The molecule has 0 aliphatic carbocycles. The Labute approximate surface area is 79.1 Å². The van der Waals surface area contributed by atoms with Crippen molar-refractivity contribution in [3.05, 3.63) is 38.3 Å². The number of halogens is 1. The van der Waals surface area contributed by atoms with Gasteiger partial charge < -0.3 is 0 Å². The summed E-state index contributed by atoms with van der Waals surface area (Å²) in [5.41, 5.74) is 1.17. The quantitative estimate of drug-likeness (QED) is 0.607. The van der Waals surface area contributed by atoms with Crippen LogP contribution in [0.1, 0.15) is 5.56 Å². The molecule has 0 fully saturated rings. The van der Waals surface area contributed by atoms with Gasteiger partial charge >= 0.3 is 0 Å². The average Bonchev–Trinajstić information content (AvgIpc) is 2.04. The van der Waals surface area contributed by atoms with Crippen molar-refractivity contribution >= 4 is 22.6 Å². The van der Waals surface area contributed by atoms with Gasteiger partial charge in [0, 0.05) is 3.57 Å². The molecule has 0 unspecified atom stereocenters. The summed E-state index contributed by atoms with van der Waals surface area (Å²) in [7, 11) is 0. The van der Waals surface area contributed by atoms with Crippen molar-refractivity contribution in [1.82, 2.24) is 0 Å². The van der Waals surface area contributed by atoms with E-state index < -0.39 is 0 Å². The zero-order valence-electron chi connectivity index (χ0n) is 5.96. The Morgan fingerprint density at radius 2 is 1.91 bits per heavy atom. The minimum absolute atomic E-state index is 0.376. The Morgan fingerprint density at radius 1 is 1.27 bits per heavy atom. The molecular weight excluding hydrogens is 253 g/mol. The molecule has 58 valence electrons. The van der Waals surface area contributed by atoms with Crippen molar-refractivity contribution in [1.29, 1.82) is 0 Å². The van der Waals surface area contributed by atoms with Crippen molar-refractivity contribution < 1.29 is 0 Å². The van der Waals surface area contributed by atoms with Gasteiger partial charge in [-0.15, -0.1) is 0 Å². The van der Waals surface area contributed by atoms with Gasteiger partial charge in [-0.25, -0.2) is 0 Å². The molecule has 0 amide bonds. The van der Waals surface area contributed by atoms with Gasteiger partial charge in [-0.05, 0) is 46.7 Å². The summed E-state index contributed by atoms with van der Waals surface area (Å²) >= 11 is 2.25. The molecule has 0 aliphatic heterocycles. The molecule has 3 heteroatoms.